The van der Waals surface area contributed by atoms with E-state index in [1.54, 1.807) is 13.0 Å². The number of ether oxygens (including phenoxy) is 1. The van der Waals surface area contributed by atoms with E-state index >= 15 is 0 Å². The lowest BCUT2D eigenvalue weighted by Crippen LogP contribution is -2.53. The molecule has 2 rings (SSSR count). The molecule has 1 aromatic rings. The van der Waals surface area contributed by atoms with Gasteiger partial charge >= 0.3 is 6.03 Å². The summed E-state index contributed by atoms with van der Waals surface area (Å²) >= 11 is 5.96. The molecule has 6 nitrogen and oxygen atoms in total. The van der Waals surface area contributed by atoms with Crippen LogP contribution in [0.25, 0.3) is 0 Å². The van der Waals surface area contributed by atoms with Gasteiger partial charge in [0.15, 0.2) is 0 Å². The van der Waals surface area contributed by atoms with Crippen molar-refractivity contribution in [1.29, 1.82) is 0 Å². The number of hydrogen-bond donors (Lipinski definition) is 1. The number of benzene rings is 1. The highest BCUT2D eigenvalue weighted by Crippen LogP contribution is 2.34. The second-order valence-electron chi connectivity index (χ2n) is 4.03. The van der Waals surface area contributed by atoms with E-state index in [9.17, 15) is 14.4 Å². The number of nitrogens with zero attached hydrogens (tertiary/aromatic N) is 1. The molecular weight excluding hydrogens is 272 g/mol. The average Bonchev–Trinajstić information content (AvgIpc) is 2.32. The maximum atomic E-state index is 11.8. The van der Waals surface area contributed by atoms with Gasteiger partial charge in [-0.1, -0.05) is 11.6 Å². The van der Waals surface area contributed by atoms with Gasteiger partial charge in [0.05, 0.1) is 12.8 Å². The van der Waals surface area contributed by atoms with Gasteiger partial charge in [-0.3, -0.25) is 14.9 Å². The third kappa shape index (κ3) is 2.39. The van der Waals surface area contributed by atoms with Gasteiger partial charge in [0.1, 0.15) is 12.2 Å². The Kier molecular flexibility index (Phi) is 3.44. The highest BCUT2D eigenvalue weighted by Gasteiger charge is 2.34. The summed E-state index contributed by atoms with van der Waals surface area (Å²) in [5.41, 5.74) is 0.953. The van der Waals surface area contributed by atoms with E-state index in [0.29, 0.717) is 10.6 Å². The van der Waals surface area contributed by atoms with E-state index in [0.717, 1.165) is 4.90 Å². The van der Waals surface area contributed by atoms with Gasteiger partial charge in [0.2, 0.25) is 11.8 Å². The van der Waals surface area contributed by atoms with Crippen LogP contribution in [0, 0.1) is 6.92 Å². The molecular formula is C12H11ClN2O4. The molecule has 19 heavy (non-hydrogen) atoms. The van der Waals surface area contributed by atoms with Crippen LogP contribution >= 0.6 is 11.6 Å². The number of anilines is 1. The van der Waals surface area contributed by atoms with Crippen LogP contribution in [0.1, 0.15) is 12.0 Å². The van der Waals surface area contributed by atoms with Crippen LogP contribution in [0.3, 0.4) is 0 Å². The fraction of sp³-hybridized carbons (Fsp3) is 0.250. The van der Waals surface area contributed by atoms with Crippen LogP contribution in [-0.2, 0) is 9.59 Å². The molecule has 0 unspecified atom stereocenters. The average molecular weight is 283 g/mol. The number of amides is 4. The summed E-state index contributed by atoms with van der Waals surface area (Å²) in [6.07, 6.45) is -0.378. The highest BCUT2D eigenvalue weighted by molar-refractivity contribution is 6.32. The van der Waals surface area contributed by atoms with Crippen molar-refractivity contribution in [2.75, 3.05) is 12.0 Å². The minimum absolute atomic E-state index is 0.263. The molecule has 1 N–H and O–H groups in total. The molecule has 0 saturated carbocycles. The summed E-state index contributed by atoms with van der Waals surface area (Å²) in [6.45, 7) is 1.74. The Bertz CT molecular complexity index is 565. The summed E-state index contributed by atoms with van der Waals surface area (Å²) < 4.78 is 5.11. The maximum absolute atomic E-state index is 11.8. The molecule has 0 aromatic heterocycles. The first-order valence-electron chi connectivity index (χ1n) is 5.45. The van der Waals surface area contributed by atoms with E-state index in [1.165, 1.54) is 13.2 Å². The van der Waals surface area contributed by atoms with Crippen molar-refractivity contribution < 1.29 is 19.1 Å². The van der Waals surface area contributed by atoms with Crippen molar-refractivity contribution in [3.8, 4) is 5.75 Å². The minimum Gasteiger partial charge on any atom is -0.494 e. The number of halogens is 1. The second kappa shape index (κ2) is 4.89. The zero-order valence-electron chi connectivity index (χ0n) is 10.3. The Morgan fingerprint density at radius 3 is 2.58 bits per heavy atom. The number of hydrogen-bond acceptors (Lipinski definition) is 4. The van der Waals surface area contributed by atoms with Gasteiger partial charge in [-0.05, 0) is 18.6 Å². The van der Waals surface area contributed by atoms with Gasteiger partial charge in [-0.25, -0.2) is 9.69 Å². The van der Waals surface area contributed by atoms with Crippen LogP contribution < -0.4 is 15.0 Å². The van der Waals surface area contributed by atoms with Crippen LogP contribution in [-0.4, -0.2) is 25.0 Å². The van der Waals surface area contributed by atoms with Crippen LogP contribution in [0.2, 0.25) is 5.02 Å². The van der Waals surface area contributed by atoms with Crippen molar-refractivity contribution in [1.82, 2.24) is 5.32 Å². The number of barbiturate groups is 1. The van der Waals surface area contributed by atoms with Gasteiger partial charge in [0, 0.05) is 11.1 Å². The molecule has 1 heterocycles. The molecule has 0 aliphatic carbocycles. The SMILES string of the molecule is COc1cc(Cl)c(C)cc1N1C(=O)CC(=O)NC1=O. The maximum Gasteiger partial charge on any atom is 0.335 e. The number of carbonyl (C=O) groups excluding carboxylic acids is 3. The Morgan fingerprint density at radius 2 is 2.00 bits per heavy atom. The Balaban J connectivity index is 2.51. The second-order valence-corrected chi connectivity index (χ2v) is 4.44. The Labute approximate surface area is 114 Å². The molecule has 1 fully saturated rings. The van der Waals surface area contributed by atoms with Gasteiger partial charge in [-0.2, -0.15) is 0 Å². The van der Waals surface area contributed by atoms with E-state index in [2.05, 4.69) is 5.32 Å². The molecule has 1 aliphatic heterocycles. The normalized spacial score (nSPS) is 15.5. The molecule has 7 heteroatoms. The predicted molar refractivity (Wildman–Crippen MR) is 68.4 cm³/mol. The molecule has 4 amide bonds. The monoisotopic (exact) mass is 282 g/mol. The Morgan fingerprint density at radius 1 is 1.32 bits per heavy atom. The van der Waals surface area contributed by atoms with Gasteiger partial charge in [-0.15, -0.1) is 0 Å². The van der Waals surface area contributed by atoms with E-state index in [-0.39, 0.29) is 17.9 Å². The number of rotatable bonds is 2. The van der Waals surface area contributed by atoms with E-state index < -0.39 is 17.8 Å². The third-order valence-corrected chi connectivity index (χ3v) is 3.12. The summed E-state index contributed by atoms with van der Waals surface area (Å²) in [6, 6.07) is 2.29. The number of nitrogens with one attached hydrogen (secondary N) is 1. The van der Waals surface area contributed by atoms with Crippen LogP contribution in [0.15, 0.2) is 12.1 Å². The standard InChI is InChI=1S/C12H11ClN2O4/c1-6-3-8(9(19-2)4-7(6)13)15-11(17)5-10(16)14-12(15)18/h3-4H,5H2,1-2H3,(H,14,16,18). The van der Waals surface area contributed by atoms with Gasteiger partial charge < -0.3 is 4.74 Å². The van der Waals surface area contributed by atoms with Crippen molar-refractivity contribution in [3.63, 3.8) is 0 Å². The first kappa shape index (κ1) is 13.4. The fourth-order valence-electron chi connectivity index (χ4n) is 1.78. The summed E-state index contributed by atoms with van der Waals surface area (Å²) in [5.74, 6) is -0.932. The van der Waals surface area contributed by atoms with Crippen molar-refractivity contribution in [2.24, 2.45) is 0 Å². The lowest BCUT2D eigenvalue weighted by atomic mass is 10.1. The molecule has 0 bridgehead atoms. The van der Waals surface area contributed by atoms with Crippen molar-refractivity contribution in [2.45, 2.75) is 13.3 Å². The molecule has 1 aromatic carbocycles. The summed E-state index contributed by atoms with van der Waals surface area (Å²) in [5, 5.41) is 2.54. The van der Waals surface area contributed by atoms with E-state index in [4.69, 9.17) is 16.3 Å². The number of methoxy groups -OCH3 is 1. The number of aryl methyl sites for hydroxylation is 1. The molecule has 0 atom stereocenters. The largest absolute Gasteiger partial charge is 0.494 e. The number of urea groups is 1. The fourth-order valence-corrected chi connectivity index (χ4v) is 1.93. The van der Waals surface area contributed by atoms with E-state index in [1.807, 2.05) is 0 Å². The molecule has 1 saturated heterocycles. The molecule has 0 spiro atoms. The lowest BCUT2D eigenvalue weighted by Gasteiger charge is -2.26. The third-order valence-electron chi connectivity index (χ3n) is 2.71. The van der Waals surface area contributed by atoms with Crippen LogP contribution in [0.4, 0.5) is 10.5 Å². The topological polar surface area (TPSA) is 75.7 Å². The summed E-state index contributed by atoms with van der Waals surface area (Å²) in [7, 11) is 1.40. The minimum atomic E-state index is -0.790. The number of carbonyl (C=O) groups is 3. The van der Waals surface area contributed by atoms with Crippen molar-refractivity contribution in [3.05, 3.63) is 22.7 Å². The Hall–Kier alpha value is -2.08. The zero-order chi connectivity index (χ0) is 14.2. The smallest absolute Gasteiger partial charge is 0.335 e. The zero-order valence-corrected chi connectivity index (χ0v) is 11.1. The first-order chi connectivity index (χ1) is 8.93. The van der Waals surface area contributed by atoms with Crippen LogP contribution in [0.5, 0.6) is 5.75 Å². The first-order valence-corrected chi connectivity index (χ1v) is 5.82. The molecule has 1 aliphatic rings. The summed E-state index contributed by atoms with van der Waals surface area (Å²) in [4.78, 5) is 35.6. The van der Waals surface area contributed by atoms with Gasteiger partial charge in [0.25, 0.3) is 0 Å². The molecule has 100 valence electrons. The highest BCUT2D eigenvalue weighted by atomic mass is 35.5. The quantitative estimate of drug-likeness (QED) is 0.837. The predicted octanol–water partition coefficient (Wildman–Crippen LogP) is 1.63. The number of imide groups is 2. The van der Waals surface area contributed by atoms with Crippen molar-refractivity contribution >= 4 is 35.1 Å². The molecule has 0 radical (unpaired) electrons. The lowest BCUT2D eigenvalue weighted by molar-refractivity contribution is -0.128.